The molecule has 4 nitrogen and oxygen atoms in total. The van der Waals surface area contributed by atoms with E-state index in [0.717, 1.165) is 16.9 Å². The van der Waals surface area contributed by atoms with Crippen LogP contribution in [0, 0.1) is 0 Å². The second-order valence-corrected chi connectivity index (χ2v) is 3.84. The van der Waals surface area contributed by atoms with Gasteiger partial charge < -0.3 is 15.6 Å². The summed E-state index contributed by atoms with van der Waals surface area (Å²) in [6, 6.07) is 12.4. The average molecular weight is 243 g/mol. The van der Waals surface area contributed by atoms with Crippen molar-refractivity contribution in [2.75, 3.05) is 12.8 Å². The molecule has 2 rings (SSSR count). The number of methoxy groups -OCH3 is 1. The Morgan fingerprint density at radius 3 is 2.22 bits per heavy atom. The molecule has 0 radical (unpaired) electrons. The number of aromatic carboxylic acids is 1. The molecule has 0 aromatic heterocycles. The first-order valence-electron chi connectivity index (χ1n) is 5.39. The number of carbonyl (C=O) groups is 1. The first-order chi connectivity index (χ1) is 8.61. The van der Waals surface area contributed by atoms with Crippen molar-refractivity contribution in [1.29, 1.82) is 0 Å². The Kier molecular flexibility index (Phi) is 3.19. The minimum Gasteiger partial charge on any atom is -0.497 e. The monoisotopic (exact) mass is 243 g/mol. The summed E-state index contributed by atoms with van der Waals surface area (Å²) in [6.07, 6.45) is 0. The fraction of sp³-hybridized carbons (Fsp3) is 0.0714. The molecule has 0 bridgehead atoms. The largest absolute Gasteiger partial charge is 0.497 e. The van der Waals surface area contributed by atoms with Crippen LogP contribution in [0.3, 0.4) is 0 Å². The van der Waals surface area contributed by atoms with Crippen molar-refractivity contribution < 1.29 is 14.6 Å². The van der Waals surface area contributed by atoms with Gasteiger partial charge in [0, 0.05) is 5.69 Å². The van der Waals surface area contributed by atoms with E-state index in [9.17, 15) is 4.79 Å². The van der Waals surface area contributed by atoms with Crippen LogP contribution < -0.4 is 10.5 Å². The fourth-order valence-corrected chi connectivity index (χ4v) is 1.72. The Hall–Kier alpha value is -2.49. The van der Waals surface area contributed by atoms with Crippen molar-refractivity contribution in [3.63, 3.8) is 0 Å². The maximum Gasteiger partial charge on any atom is 0.337 e. The highest BCUT2D eigenvalue weighted by atomic mass is 16.5. The second kappa shape index (κ2) is 4.79. The smallest absolute Gasteiger partial charge is 0.337 e. The summed E-state index contributed by atoms with van der Waals surface area (Å²) in [4.78, 5) is 10.9. The lowest BCUT2D eigenvalue weighted by molar-refractivity contribution is 0.0698. The Bertz CT molecular complexity index is 576. The molecule has 0 aliphatic heterocycles. The molecule has 2 aromatic rings. The average Bonchev–Trinajstić information content (AvgIpc) is 2.38. The van der Waals surface area contributed by atoms with Crippen molar-refractivity contribution in [1.82, 2.24) is 0 Å². The van der Waals surface area contributed by atoms with Gasteiger partial charge in [-0.25, -0.2) is 4.79 Å². The fourth-order valence-electron chi connectivity index (χ4n) is 1.72. The summed E-state index contributed by atoms with van der Waals surface area (Å²) in [5.41, 5.74) is 7.92. The molecule has 0 heterocycles. The Labute approximate surface area is 105 Å². The standard InChI is InChI=1S/C14H13NO3/c1-18-11-5-2-9(3-6-11)10-4-7-12(14(16)17)13(15)8-10/h2-8H,15H2,1H3,(H,16,17). The predicted molar refractivity (Wildman–Crippen MR) is 69.8 cm³/mol. The summed E-state index contributed by atoms with van der Waals surface area (Å²) in [6.45, 7) is 0. The van der Waals surface area contributed by atoms with Crippen LogP contribution in [-0.2, 0) is 0 Å². The molecule has 2 aromatic carbocycles. The number of hydrogen-bond donors (Lipinski definition) is 2. The van der Waals surface area contributed by atoms with Gasteiger partial charge in [-0.2, -0.15) is 0 Å². The van der Waals surface area contributed by atoms with Gasteiger partial charge in [0.15, 0.2) is 0 Å². The lowest BCUT2D eigenvalue weighted by Crippen LogP contribution is -2.02. The maximum atomic E-state index is 10.9. The highest BCUT2D eigenvalue weighted by Gasteiger charge is 2.08. The van der Waals surface area contributed by atoms with E-state index in [-0.39, 0.29) is 11.3 Å². The molecule has 4 heteroatoms. The van der Waals surface area contributed by atoms with Crippen molar-refractivity contribution in [2.45, 2.75) is 0 Å². The number of ether oxygens (including phenoxy) is 1. The topological polar surface area (TPSA) is 72.5 Å². The van der Waals surface area contributed by atoms with Gasteiger partial charge in [-0.3, -0.25) is 0 Å². The Morgan fingerprint density at radius 1 is 1.11 bits per heavy atom. The minimum absolute atomic E-state index is 0.118. The van der Waals surface area contributed by atoms with E-state index in [1.807, 2.05) is 24.3 Å². The van der Waals surface area contributed by atoms with Crippen molar-refractivity contribution >= 4 is 11.7 Å². The predicted octanol–water partition coefficient (Wildman–Crippen LogP) is 2.64. The van der Waals surface area contributed by atoms with E-state index in [2.05, 4.69) is 0 Å². The van der Waals surface area contributed by atoms with Crippen LogP contribution in [-0.4, -0.2) is 18.2 Å². The van der Waals surface area contributed by atoms with Crippen LogP contribution in [0.4, 0.5) is 5.69 Å². The molecule has 0 saturated heterocycles. The molecular weight excluding hydrogens is 230 g/mol. The van der Waals surface area contributed by atoms with E-state index in [0.29, 0.717) is 0 Å². The SMILES string of the molecule is COc1ccc(-c2ccc(C(=O)O)c(N)c2)cc1. The summed E-state index contributed by atoms with van der Waals surface area (Å²) in [5, 5.41) is 8.90. The zero-order valence-corrected chi connectivity index (χ0v) is 9.88. The highest BCUT2D eigenvalue weighted by molar-refractivity contribution is 5.94. The number of nitrogen functional groups attached to an aromatic ring is 1. The quantitative estimate of drug-likeness (QED) is 0.813. The minimum atomic E-state index is -1.02. The summed E-state index contributed by atoms with van der Waals surface area (Å²) >= 11 is 0. The van der Waals surface area contributed by atoms with Gasteiger partial charge in [0.2, 0.25) is 0 Å². The summed E-state index contributed by atoms with van der Waals surface area (Å²) in [7, 11) is 1.61. The molecular formula is C14H13NO3. The third-order valence-corrected chi connectivity index (χ3v) is 2.71. The van der Waals surface area contributed by atoms with Crippen molar-refractivity contribution in [2.24, 2.45) is 0 Å². The lowest BCUT2D eigenvalue weighted by atomic mass is 10.0. The normalized spacial score (nSPS) is 10.1. The van der Waals surface area contributed by atoms with Crippen LogP contribution in [0.25, 0.3) is 11.1 Å². The Balaban J connectivity index is 2.39. The van der Waals surface area contributed by atoms with Crippen molar-refractivity contribution in [3.05, 3.63) is 48.0 Å². The van der Waals surface area contributed by atoms with Crippen LogP contribution in [0.1, 0.15) is 10.4 Å². The molecule has 18 heavy (non-hydrogen) atoms. The van der Waals surface area contributed by atoms with E-state index in [1.165, 1.54) is 6.07 Å². The van der Waals surface area contributed by atoms with Gasteiger partial charge in [-0.1, -0.05) is 18.2 Å². The van der Waals surface area contributed by atoms with Gasteiger partial charge in [0.05, 0.1) is 12.7 Å². The van der Waals surface area contributed by atoms with Gasteiger partial charge in [-0.05, 0) is 35.4 Å². The Morgan fingerprint density at radius 2 is 1.72 bits per heavy atom. The van der Waals surface area contributed by atoms with Gasteiger partial charge in [0.25, 0.3) is 0 Å². The number of carboxylic acids is 1. The summed E-state index contributed by atoms with van der Waals surface area (Å²) in [5.74, 6) is -0.248. The third kappa shape index (κ3) is 2.27. The van der Waals surface area contributed by atoms with Crippen LogP contribution in [0.2, 0.25) is 0 Å². The number of rotatable bonds is 3. The van der Waals surface area contributed by atoms with Crippen LogP contribution in [0.15, 0.2) is 42.5 Å². The second-order valence-electron chi connectivity index (χ2n) is 3.84. The van der Waals surface area contributed by atoms with Gasteiger partial charge in [-0.15, -0.1) is 0 Å². The van der Waals surface area contributed by atoms with Gasteiger partial charge >= 0.3 is 5.97 Å². The number of benzene rings is 2. The van der Waals surface area contributed by atoms with E-state index in [1.54, 1.807) is 19.2 Å². The van der Waals surface area contributed by atoms with Gasteiger partial charge in [0.1, 0.15) is 5.75 Å². The number of carboxylic acid groups (broad SMARTS) is 1. The number of hydrogen-bond acceptors (Lipinski definition) is 3. The lowest BCUT2D eigenvalue weighted by Gasteiger charge is -2.06. The van der Waals surface area contributed by atoms with E-state index < -0.39 is 5.97 Å². The molecule has 0 spiro atoms. The first-order valence-corrected chi connectivity index (χ1v) is 5.39. The van der Waals surface area contributed by atoms with Crippen LogP contribution >= 0.6 is 0 Å². The molecule has 92 valence electrons. The molecule has 0 fully saturated rings. The highest BCUT2D eigenvalue weighted by Crippen LogP contribution is 2.25. The molecule has 0 atom stereocenters. The third-order valence-electron chi connectivity index (χ3n) is 2.71. The van der Waals surface area contributed by atoms with Crippen LogP contribution in [0.5, 0.6) is 5.75 Å². The molecule has 0 saturated carbocycles. The number of nitrogens with two attached hydrogens (primary N) is 1. The van der Waals surface area contributed by atoms with E-state index in [4.69, 9.17) is 15.6 Å². The summed E-state index contributed by atoms with van der Waals surface area (Å²) < 4.78 is 5.08. The molecule has 0 aliphatic rings. The molecule has 3 N–H and O–H groups in total. The zero-order chi connectivity index (χ0) is 13.1. The van der Waals surface area contributed by atoms with Crippen molar-refractivity contribution in [3.8, 4) is 16.9 Å². The maximum absolute atomic E-state index is 10.9. The zero-order valence-electron chi connectivity index (χ0n) is 9.88. The first kappa shape index (κ1) is 12.0. The number of anilines is 1. The van der Waals surface area contributed by atoms with E-state index >= 15 is 0 Å². The molecule has 0 aliphatic carbocycles. The molecule has 0 unspecified atom stereocenters. The molecule has 0 amide bonds.